The Hall–Kier alpha value is -2.27. The summed E-state index contributed by atoms with van der Waals surface area (Å²) >= 11 is 0. The number of amides is 1. The van der Waals surface area contributed by atoms with Crippen LogP contribution in [0.4, 0.5) is 18.0 Å². The number of rotatable bonds is 4. The first kappa shape index (κ1) is 18.1. The number of alkyl halides is 3. The molecule has 0 saturated carbocycles. The van der Waals surface area contributed by atoms with Gasteiger partial charge in [0.05, 0.1) is 0 Å². The molecule has 1 unspecified atom stereocenters. The molecule has 0 fully saturated rings. The minimum atomic E-state index is -5.88. The molecule has 11 heteroatoms. The molecule has 132 valence electrons. The summed E-state index contributed by atoms with van der Waals surface area (Å²) in [6.07, 6.45) is -0.633. The average molecular weight is 366 g/mol. The van der Waals surface area contributed by atoms with Crippen molar-refractivity contribution in [1.29, 1.82) is 0 Å². The van der Waals surface area contributed by atoms with Gasteiger partial charge in [-0.3, -0.25) is 0 Å². The maximum absolute atomic E-state index is 12.4. The van der Waals surface area contributed by atoms with Gasteiger partial charge >= 0.3 is 21.7 Å². The van der Waals surface area contributed by atoms with Gasteiger partial charge in [-0.05, 0) is 5.56 Å². The summed E-state index contributed by atoms with van der Waals surface area (Å²) < 4.78 is 68.6. The Kier molecular flexibility index (Phi) is 5.04. The Morgan fingerprint density at radius 3 is 2.42 bits per heavy atom. The van der Waals surface area contributed by atoms with Gasteiger partial charge < -0.3 is 9.64 Å². The highest BCUT2D eigenvalue weighted by molar-refractivity contribution is 7.87. The zero-order valence-electron chi connectivity index (χ0n) is 12.3. The van der Waals surface area contributed by atoms with E-state index in [1.54, 1.807) is 30.3 Å². The van der Waals surface area contributed by atoms with Crippen LogP contribution in [0.15, 0.2) is 42.7 Å². The van der Waals surface area contributed by atoms with Crippen LogP contribution in [0.2, 0.25) is 0 Å². The largest absolute Gasteiger partial charge is 0.523 e. The molecular weight excluding hydrogens is 353 g/mol. The zero-order chi connectivity index (χ0) is 18.0. The summed E-state index contributed by atoms with van der Waals surface area (Å²) in [4.78, 5) is 13.6. The third kappa shape index (κ3) is 3.97. The van der Waals surface area contributed by atoms with Gasteiger partial charge in [-0.1, -0.05) is 30.3 Å². The maximum Gasteiger partial charge on any atom is 0.523 e. The summed E-state index contributed by atoms with van der Waals surface area (Å²) in [6.45, 7) is -0.132. The first-order chi connectivity index (χ1) is 11.1. The van der Waals surface area contributed by atoms with Crippen LogP contribution in [0.5, 0.6) is 0 Å². The fourth-order valence-electron chi connectivity index (χ4n) is 1.75. The number of carbonyl (C=O) groups is 1. The Bertz CT molecular complexity index is 721. The number of ether oxygens (including phenoxy) is 1. The van der Waals surface area contributed by atoms with Gasteiger partial charge in [-0.15, -0.1) is 0 Å². The molecule has 0 aromatic heterocycles. The minimum absolute atomic E-state index is 0.132. The van der Waals surface area contributed by atoms with Crippen LogP contribution in [0.1, 0.15) is 5.56 Å². The van der Waals surface area contributed by atoms with Crippen molar-refractivity contribution >= 4 is 16.2 Å². The van der Waals surface area contributed by atoms with E-state index in [1.807, 2.05) is 0 Å². The third-order valence-electron chi connectivity index (χ3n) is 2.96. The molecule has 1 amide bonds. The SMILES string of the molecule is CN1C=CN(C(=O)OCc2ccccc2)C1OS(=O)(=O)C(F)(F)F. The van der Waals surface area contributed by atoms with Gasteiger partial charge in [-0.25, -0.2) is 13.9 Å². The van der Waals surface area contributed by atoms with E-state index in [2.05, 4.69) is 4.18 Å². The van der Waals surface area contributed by atoms with Crippen molar-refractivity contribution in [3.8, 4) is 0 Å². The molecular formula is C13H13F3N2O5S. The predicted molar refractivity (Wildman–Crippen MR) is 75.2 cm³/mol. The summed E-state index contributed by atoms with van der Waals surface area (Å²) in [6, 6.07) is 8.56. The van der Waals surface area contributed by atoms with Crippen LogP contribution in [0, 0.1) is 0 Å². The molecule has 1 heterocycles. The molecule has 24 heavy (non-hydrogen) atoms. The van der Waals surface area contributed by atoms with Crippen molar-refractivity contribution in [2.75, 3.05) is 7.05 Å². The first-order valence-electron chi connectivity index (χ1n) is 6.50. The van der Waals surface area contributed by atoms with Crippen molar-refractivity contribution in [2.45, 2.75) is 18.5 Å². The monoisotopic (exact) mass is 366 g/mol. The summed E-state index contributed by atoms with van der Waals surface area (Å²) in [5.41, 5.74) is -4.95. The van der Waals surface area contributed by atoms with E-state index in [0.29, 0.717) is 10.5 Å². The molecule has 0 spiro atoms. The Morgan fingerprint density at radius 2 is 1.83 bits per heavy atom. The van der Waals surface area contributed by atoms with E-state index in [0.717, 1.165) is 11.1 Å². The second-order valence-corrected chi connectivity index (χ2v) is 6.30. The maximum atomic E-state index is 12.4. The molecule has 7 nitrogen and oxygen atoms in total. The molecule has 1 aliphatic rings. The first-order valence-corrected chi connectivity index (χ1v) is 7.91. The van der Waals surface area contributed by atoms with Crippen molar-refractivity contribution in [1.82, 2.24) is 9.80 Å². The van der Waals surface area contributed by atoms with E-state index >= 15 is 0 Å². The van der Waals surface area contributed by atoms with Gasteiger partial charge in [0.1, 0.15) is 6.61 Å². The fourth-order valence-corrected chi connectivity index (χ4v) is 2.31. The van der Waals surface area contributed by atoms with E-state index in [4.69, 9.17) is 4.74 Å². The number of nitrogens with zero attached hydrogens (tertiary/aromatic N) is 2. The molecule has 1 aromatic carbocycles. The van der Waals surface area contributed by atoms with Crippen LogP contribution >= 0.6 is 0 Å². The Morgan fingerprint density at radius 1 is 1.21 bits per heavy atom. The molecule has 2 rings (SSSR count). The Labute approximate surface area is 136 Å². The van der Waals surface area contributed by atoms with Crippen molar-refractivity contribution in [3.63, 3.8) is 0 Å². The normalized spacial score (nSPS) is 18.1. The average Bonchev–Trinajstić information content (AvgIpc) is 2.85. The third-order valence-corrected chi connectivity index (χ3v) is 3.95. The molecule has 0 N–H and O–H groups in total. The molecule has 1 aromatic rings. The fraction of sp³-hybridized carbons (Fsp3) is 0.308. The topological polar surface area (TPSA) is 76.2 Å². The molecule has 0 radical (unpaired) electrons. The van der Waals surface area contributed by atoms with Crippen molar-refractivity contribution < 1.29 is 35.3 Å². The molecule has 0 saturated heterocycles. The van der Waals surface area contributed by atoms with Gasteiger partial charge in [0.25, 0.3) is 0 Å². The molecule has 1 atom stereocenters. The summed E-state index contributed by atoms with van der Waals surface area (Å²) in [7, 11) is -4.63. The van der Waals surface area contributed by atoms with Crippen LogP contribution in [-0.2, 0) is 25.6 Å². The second-order valence-electron chi connectivity index (χ2n) is 4.73. The zero-order valence-corrected chi connectivity index (χ0v) is 13.1. The smallest absolute Gasteiger partial charge is 0.444 e. The van der Waals surface area contributed by atoms with E-state index in [-0.39, 0.29) is 6.61 Å². The number of hydrogen-bond acceptors (Lipinski definition) is 6. The lowest BCUT2D eigenvalue weighted by Crippen LogP contribution is -2.45. The number of halogens is 3. The van der Waals surface area contributed by atoms with Crippen LogP contribution in [0.3, 0.4) is 0 Å². The number of carbonyl (C=O) groups excluding carboxylic acids is 1. The Balaban J connectivity index is 2.05. The standard InChI is InChI=1S/C13H13F3N2O5S/c1-17-7-8-18(11(17)23-24(20,21)13(14,15)16)12(19)22-9-10-5-3-2-4-6-10/h2-8,11H,9H2,1H3. The highest BCUT2D eigenvalue weighted by Crippen LogP contribution is 2.28. The lowest BCUT2D eigenvalue weighted by atomic mass is 10.2. The van der Waals surface area contributed by atoms with Crippen molar-refractivity contribution in [3.05, 3.63) is 48.3 Å². The second kappa shape index (κ2) is 6.69. The highest BCUT2D eigenvalue weighted by Gasteiger charge is 2.50. The van der Waals surface area contributed by atoms with E-state index < -0.39 is 28.1 Å². The van der Waals surface area contributed by atoms with Gasteiger partial charge in [-0.2, -0.15) is 21.6 Å². The quantitative estimate of drug-likeness (QED) is 0.601. The lowest BCUT2D eigenvalue weighted by molar-refractivity contribution is -0.0752. The number of benzene rings is 1. The minimum Gasteiger partial charge on any atom is -0.444 e. The van der Waals surface area contributed by atoms with Crippen LogP contribution < -0.4 is 0 Å². The lowest BCUT2D eigenvalue weighted by Gasteiger charge is -2.27. The van der Waals surface area contributed by atoms with E-state index in [1.165, 1.54) is 13.2 Å². The highest BCUT2D eigenvalue weighted by atomic mass is 32.2. The molecule has 0 bridgehead atoms. The summed E-state index contributed by atoms with van der Waals surface area (Å²) in [5, 5.41) is 0. The summed E-state index contributed by atoms with van der Waals surface area (Å²) in [5.74, 6) is 0. The molecule has 0 aliphatic carbocycles. The van der Waals surface area contributed by atoms with Gasteiger partial charge in [0.2, 0.25) is 6.35 Å². The van der Waals surface area contributed by atoms with Gasteiger partial charge in [0.15, 0.2) is 0 Å². The van der Waals surface area contributed by atoms with Crippen LogP contribution in [0.25, 0.3) is 0 Å². The number of hydrogen-bond donors (Lipinski definition) is 0. The van der Waals surface area contributed by atoms with E-state index in [9.17, 15) is 26.4 Å². The molecule has 1 aliphatic heterocycles. The predicted octanol–water partition coefficient (Wildman–Crippen LogP) is 2.19. The van der Waals surface area contributed by atoms with Crippen molar-refractivity contribution in [2.24, 2.45) is 0 Å². The van der Waals surface area contributed by atoms with Crippen LogP contribution in [-0.4, -0.2) is 43.2 Å². The van der Waals surface area contributed by atoms with Gasteiger partial charge in [0, 0.05) is 19.4 Å².